The van der Waals surface area contributed by atoms with Crippen molar-refractivity contribution in [1.29, 1.82) is 0 Å². The summed E-state index contributed by atoms with van der Waals surface area (Å²) in [4.78, 5) is 56.8. The van der Waals surface area contributed by atoms with Gasteiger partial charge in [0, 0.05) is 32.1 Å². The maximum absolute atomic E-state index is 14.4. The summed E-state index contributed by atoms with van der Waals surface area (Å²) in [6.45, 7) is 13.6. The SMILES string of the molecule is CCCCCCCC/C=C\CCCCCCCC(=O)OCC(OC(=O)CCCCCCC/C=C\CCCCCCCC)(C(C)(C)N)C(CC)(OC(=O)CCCCCCC/C=C\CCCCCCCC)OC(=O)CCCCCCC/C=C\CCCCCCCC. The molecule has 0 amide bonds. The van der Waals surface area contributed by atoms with E-state index in [0.29, 0.717) is 25.7 Å². The molecule has 0 aromatic rings. The van der Waals surface area contributed by atoms with Crippen molar-refractivity contribution < 1.29 is 38.1 Å². The zero-order chi connectivity index (χ0) is 65.3. The smallest absolute Gasteiger partial charge is 0.309 e. The molecule has 89 heavy (non-hydrogen) atoms. The maximum atomic E-state index is 14.4. The minimum Gasteiger partial charge on any atom is -0.461 e. The first-order valence-electron chi connectivity index (χ1n) is 38.6. The first-order chi connectivity index (χ1) is 43.4. The van der Waals surface area contributed by atoms with Crippen molar-refractivity contribution in [3.63, 3.8) is 0 Å². The van der Waals surface area contributed by atoms with E-state index >= 15 is 0 Å². The molecule has 9 nitrogen and oxygen atoms in total. The third kappa shape index (κ3) is 51.0. The van der Waals surface area contributed by atoms with E-state index < -0.39 is 47.4 Å². The lowest BCUT2D eigenvalue weighted by molar-refractivity contribution is -0.321. The van der Waals surface area contributed by atoms with E-state index in [1.807, 2.05) is 0 Å². The fourth-order valence-corrected chi connectivity index (χ4v) is 12.0. The van der Waals surface area contributed by atoms with Crippen molar-refractivity contribution in [2.75, 3.05) is 6.61 Å². The first-order valence-corrected chi connectivity index (χ1v) is 38.6. The molecular formula is C80H147NO8. The molecule has 0 fully saturated rings. The number of nitrogens with two attached hydrogens (primary N) is 1. The Hall–Kier alpha value is -3.20. The highest BCUT2D eigenvalue weighted by atomic mass is 16.8. The number of allylic oxidation sites excluding steroid dienone is 8. The quantitative estimate of drug-likeness (QED) is 0.0208. The Labute approximate surface area is 551 Å². The third-order valence-electron chi connectivity index (χ3n) is 18.0. The predicted molar refractivity (Wildman–Crippen MR) is 381 cm³/mol. The largest absolute Gasteiger partial charge is 0.461 e. The highest BCUT2D eigenvalue weighted by Gasteiger charge is 2.67. The average molecular weight is 1250 g/mol. The van der Waals surface area contributed by atoms with Gasteiger partial charge in [-0.05, 0) is 142 Å². The van der Waals surface area contributed by atoms with Crippen LogP contribution in [0.2, 0.25) is 0 Å². The Morgan fingerprint density at radius 1 is 0.281 bits per heavy atom. The number of unbranched alkanes of at least 4 members (excludes halogenated alkanes) is 44. The van der Waals surface area contributed by atoms with Crippen LogP contribution in [-0.4, -0.2) is 47.4 Å². The molecular weight excluding hydrogens is 1100 g/mol. The molecule has 0 aromatic carbocycles. The normalized spacial score (nSPS) is 12.9. The molecule has 2 N–H and O–H groups in total. The van der Waals surface area contributed by atoms with Crippen LogP contribution < -0.4 is 5.73 Å². The lowest BCUT2D eigenvalue weighted by atomic mass is 9.75. The molecule has 0 bridgehead atoms. The van der Waals surface area contributed by atoms with Crippen LogP contribution in [0.1, 0.15) is 414 Å². The fourth-order valence-electron chi connectivity index (χ4n) is 12.0. The molecule has 0 aromatic heterocycles. The molecule has 0 radical (unpaired) electrons. The Morgan fingerprint density at radius 2 is 0.483 bits per heavy atom. The van der Waals surface area contributed by atoms with Crippen molar-refractivity contribution >= 4 is 23.9 Å². The minimum atomic E-state index is -2.18. The molecule has 1 atom stereocenters. The molecule has 0 aliphatic carbocycles. The summed E-state index contributed by atoms with van der Waals surface area (Å²) < 4.78 is 25.7. The topological polar surface area (TPSA) is 131 Å². The van der Waals surface area contributed by atoms with E-state index in [1.165, 1.54) is 154 Å². The number of hydrogen-bond acceptors (Lipinski definition) is 9. The summed E-state index contributed by atoms with van der Waals surface area (Å²) in [5, 5.41) is 0. The summed E-state index contributed by atoms with van der Waals surface area (Å²) in [6.07, 6.45) is 78.0. The van der Waals surface area contributed by atoms with E-state index in [2.05, 4.69) is 76.3 Å². The molecule has 0 aliphatic rings. The van der Waals surface area contributed by atoms with E-state index in [1.54, 1.807) is 20.8 Å². The molecule has 9 heteroatoms. The van der Waals surface area contributed by atoms with Gasteiger partial charge < -0.3 is 24.7 Å². The average Bonchev–Trinajstić information content (AvgIpc) is 0.790. The lowest BCUT2D eigenvalue weighted by Gasteiger charge is -2.52. The summed E-state index contributed by atoms with van der Waals surface area (Å²) in [5.41, 5.74) is 3.60. The summed E-state index contributed by atoms with van der Waals surface area (Å²) >= 11 is 0. The number of ether oxygens (including phenoxy) is 4. The van der Waals surface area contributed by atoms with E-state index in [-0.39, 0.29) is 32.1 Å². The second-order valence-corrected chi connectivity index (χ2v) is 27.1. The summed E-state index contributed by atoms with van der Waals surface area (Å²) in [6, 6.07) is 0. The van der Waals surface area contributed by atoms with Crippen molar-refractivity contribution in [1.82, 2.24) is 0 Å². The van der Waals surface area contributed by atoms with Crippen molar-refractivity contribution in [2.24, 2.45) is 5.73 Å². The van der Waals surface area contributed by atoms with Crippen molar-refractivity contribution in [2.45, 2.75) is 431 Å². The molecule has 0 saturated carbocycles. The standard InChI is InChI=1S/C80H147NO8/c1-8-13-17-21-25-29-33-37-41-45-49-53-57-61-65-69-74(82)86-73-79(78(6,7)81,87-75(83)70-66-62-58-54-50-46-42-38-34-30-26-22-18-14-9-2)80(12-5,88-76(84)71-67-63-59-55-51-47-43-39-35-31-27-23-19-15-10-3)89-77(85)72-68-64-60-56-52-48-44-40-36-32-28-24-20-16-11-4/h37-44H,8-36,45-73,81H2,1-7H3/b41-37-,42-38-,43-39-,44-40-. The van der Waals surface area contributed by atoms with Gasteiger partial charge in [-0.2, -0.15) is 0 Å². The first kappa shape index (κ1) is 85.8. The van der Waals surface area contributed by atoms with Crippen LogP contribution in [0.25, 0.3) is 0 Å². The van der Waals surface area contributed by atoms with Crippen LogP contribution in [0, 0.1) is 0 Å². The summed E-state index contributed by atoms with van der Waals surface area (Å²) in [7, 11) is 0. The second-order valence-electron chi connectivity index (χ2n) is 27.1. The van der Waals surface area contributed by atoms with E-state index in [9.17, 15) is 19.2 Å². The molecule has 520 valence electrons. The van der Waals surface area contributed by atoms with Crippen molar-refractivity contribution in [3.8, 4) is 0 Å². The molecule has 1 unspecified atom stereocenters. The highest BCUT2D eigenvalue weighted by Crippen LogP contribution is 2.44. The monoisotopic (exact) mass is 1250 g/mol. The van der Waals surface area contributed by atoms with Gasteiger partial charge in [0.2, 0.25) is 5.60 Å². The van der Waals surface area contributed by atoms with Gasteiger partial charge in [0.05, 0.1) is 5.54 Å². The number of esters is 4. The predicted octanol–water partition coefficient (Wildman–Crippen LogP) is 24.9. The van der Waals surface area contributed by atoms with E-state index in [0.717, 1.165) is 154 Å². The number of carbonyl (C=O) groups is 4. The zero-order valence-electron chi connectivity index (χ0n) is 60.0. The molecule has 0 rings (SSSR count). The van der Waals surface area contributed by atoms with E-state index in [4.69, 9.17) is 24.7 Å². The zero-order valence-corrected chi connectivity index (χ0v) is 60.0. The third-order valence-corrected chi connectivity index (χ3v) is 18.0. The summed E-state index contributed by atoms with van der Waals surface area (Å²) in [5.74, 6) is -4.34. The van der Waals surface area contributed by atoms with Crippen LogP contribution in [-0.2, 0) is 38.1 Å². The van der Waals surface area contributed by atoms with Gasteiger partial charge in [-0.1, -0.05) is 289 Å². The van der Waals surface area contributed by atoms with Crippen LogP contribution in [0.3, 0.4) is 0 Å². The van der Waals surface area contributed by atoms with Gasteiger partial charge >= 0.3 is 29.7 Å². The molecule has 0 aliphatic heterocycles. The number of hydrogen-bond donors (Lipinski definition) is 1. The number of rotatable bonds is 68. The van der Waals surface area contributed by atoms with Crippen LogP contribution in [0.15, 0.2) is 48.6 Å². The Morgan fingerprint density at radius 3 is 0.708 bits per heavy atom. The lowest BCUT2D eigenvalue weighted by Crippen LogP contribution is -2.75. The van der Waals surface area contributed by atoms with Crippen LogP contribution >= 0.6 is 0 Å². The molecule has 0 heterocycles. The van der Waals surface area contributed by atoms with Crippen molar-refractivity contribution in [3.05, 3.63) is 48.6 Å². The molecule has 0 spiro atoms. The van der Waals surface area contributed by atoms with Gasteiger partial charge in [-0.3, -0.25) is 19.2 Å². The van der Waals surface area contributed by atoms with Gasteiger partial charge in [0.25, 0.3) is 0 Å². The second kappa shape index (κ2) is 63.6. The highest BCUT2D eigenvalue weighted by molar-refractivity contribution is 5.74. The van der Waals surface area contributed by atoms with Gasteiger partial charge in [-0.15, -0.1) is 0 Å². The maximum Gasteiger partial charge on any atom is 0.309 e. The van der Waals surface area contributed by atoms with Gasteiger partial charge in [-0.25, -0.2) is 0 Å². The van der Waals surface area contributed by atoms with Crippen LogP contribution in [0.5, 0.6) is 0 Å². The Balaban J connectivity index is 6.21. The minimum absolute atomic E-state index is 0.0731. The molecule has 0 saturated heterocycles. The van der Waals surface area contributed by atoms with Crippen LogP contribution in [0.4, 0.5) is 0 Å². The Kier molecular flexibility index (Phi) is 61.3. The Bertz CT molecular complexity index is 1670. The van der Waals surface area contributed by atoms with Gasteiger partial charge in [0.1, 0.15) is 6.61 Å². The van der Waals surface area contributed by atoms with Gasteiger partial charge in [0.15, 0.2) is 0 Å². The number of carbonyl (C=O) groups excluding carboxylic acids is 4. The fraction of sp³-hybridized carbons (Fsp3) is 0.850.